The van der Waals surface area contributed by atoms with Crippen molar-refractivity contribution in [2.24, 2.45) is 5.10 Å². The molecule has 0 spiro atoms. The van der Waals surface area contributed by atoms with Crippen LogP contribution in [0.15, 0.2) is 84.0 Å². The summed E-state index contributed by atoms with van der Waals surface area (Å²) in [5, 5.41) is 10.6. The Balaban J connectivity index is 1.48. The van der Waals surface area contributed by atoms with E-state index in [-0.39, 0.29) is 6.04 Å². The van der Waals surface area contributed by atoms with E-state index in [9.17, 15) is 0 Å². The van der Waals surface area contributed by atoms with Crippen molar-refractivity contribution in [3.8, 4) is 5.75 Å². The summed E-state index contributed by atoms with van der Waals surface area (Å²) < 4.78 is 5.32. The van der Waals surface area contributed by atoms with Crippen LogP contribution in [0.1, 0.15) is 30.0 Å². The Bertz CT molecular complexity index is 950. The van der Waals surface area contributed by atoms with E-state index in [4.69, 9.17) is 9.84 Å². The van der Waals surface area contributed by atoms with Crippen molar-refractivity contribution in [1.82, 2.24) is 0 Å². The van der Waals surface area contributed by atoms with Crippen molar-refractivity contribution in [3.05, 3.63) is 90.0 Å². The summed E-state index contributed by atoms with van der Waals surface area (Å²) in [6.07, 6.45) is 1.85. The molecule has 1 N–H and O–H groups in total. The molecule has 0 saturated heterocycles. The Labute approximate surface area is 172 Å². The van der Waals surface area contributed by atoms with Gasteiger partial charge in [-0.3, -0.25) is 5.01 Å². The molecule has 0 radical (unpaired) electrons. The molecule has 29 heavy (non-hydrogen) atoms. The van der Waals surface area contributed by atoms with Crippen molar-refractivity contribution >= 4 is 17.1 Å². The van der Waals surface area contributed by atoms with E-state index in [1.165, 1.54) is 16.8 Å². The maximum Gasteiger partial charge on any atom is 0.118 e. The largest absolute Gasteiger partial charge is 0.497 e. The van der Waals surface area contributed by atoms with E-state index in [1.54, 1.807) is 7.11 Å². The molecule has 148 valence electrons. The fourth-order valence-corrected chi connectivity index (χ4v) is 3.65. The molecule has 4 nitrogen and oxygen atoms in total. The molecule has 1 atom stereocenters. The number of hydrazone groups is 1. The zero-order valence-electron chi connectivity index (χ0n) is 17.0. The van der Waals surface area contributed by atoms with Gasteiger partial charge in [0.2, 0.25) is 0 Å². The third-order valence-electron chi connectivity index (χ3n) is 5.29. The highest BCUT2D eigenvalue weighted by molar-refractivity contribution is 5.89. The van der Waals surface area contributed by atoms with Crippen LogP contribution in [0.2, 0.25) is 0 Å². The molecule has 1 heterocycles. The van der Waals surface area contributed by atoms with Gasteiger partial charge in [0.15, 0.2) is 0 Å². The summed E-state index contributed by atoms with van der Waals surface area (Å²) in [5.74, 6) is 0.876. The Morgan fingerprint density at radius 3 is 2.38 bits per heavy atom. The van der Waals surface area contributed by atoms with Crippen molar-refractivity contribution in [3.63, 3.8) is 0 Å². The van der Waals surface area contributed by atoms with Crippen molar-refractivity contribution in [2.75, 3.05) is 24.0 Å². The van der Waals surface area contributed by atoms with Crippen LogP contribution in [0, 0.1) is 6.92 Å². The van der Waals surface area contributed by atoms with E-state index < -0.39 is 0 Å². The molecule has 3 aromatic carbocycles. The molecule has 0 aromatic heterocycles. The number of rotatable bonds is 7. The highest BCUT2D eigenvalue weighted by Gasteiger charge is 2.28. The molecule has 4 heteroatoms. The van der Waals surface area contributed by atoms with Crippen LogP contribution in [-0.4, -0.2) is 19.4 Å². The highest BCUT2D eigenvalue weighted by Crippen LogP contribution is 2.36. The SMILES string of the molecule is COc1ccc(C2CC(CCNc3ccc(C)cc3)=NN2c2ccccc2)cc1. The monoisotopic (exact) mass is 385 g/mol. The Morgan fingerprint density at radius 2 is 1.69 bits per heavy atom. The molecule has 0 fully saturated rings. The van der Waals surface area contributed by atoms with E-state index in [1.807, 2.05) is 18.2 Å². The smallest absolute Gasteiger partial charge is 0.118 e. The normalized spacial score (nSPS) is 15.9. The second-order valence-corrected chi connectivity index (χ2v) is 7.38. The molecule has 0 aliphatic carbocycles. The van der Waals surface area contributed by atoms with Crippen molar-refractivity contribution in [1.29, 1.82) is 0 Å². The highest BCUT2D eigenvalue weighted by atomic mass is 16.5. The van der Waals surface area contributed by atoms with Gasteiger partial charge in [-0.1, -0.05) is 48.0 Å². The first-order valence-electron chi connectivity index (χ1n) is 10.1. The first-order valence-corrected chi connectivity index (χ1v) is 10.1. The standard InChI is InChI=1S/C25H27N3O/c1-19-8-12-21(13-9-19)26-17-16-22-18-25(20-10-14-24(29-2)15-11-20)28(27-22)23-6-4-3-5-7-23/h3-15,25-26H,16-18H2,1-2H3. The van der Waals surface area contributed by atoms with Gasteiger partial charge in [-0.2, -0.15) is 5.10 Å². The summed E-state index contributed by atoms with van der Waals surface area (Å²) >= 11 is 0. The lowest BCUT2D eigenvalue weighted by Crippen LogP contribution is -2.18. The second kappa shape index (κ2) is 8.82. The molecule has 4 rings (SSSR count). The van der Waals surface area contributed by atoms with Gasteiger partial charge < -0.3 is 10.1 Å². The first kappa shape index (κ1) is 19.1. The fraction of sp³-hybridized carbons (Fsp3) is 0.240. The number of hydrogen-bond acceptors (Lipinski definition) is 4. The number of nitrogens with zero attached hydrogens (tertiary/aromatic N) is 2. The van der Waals surface area contributed by atoms with Crippen molar-refractivity contribution in [2.45, 2.75) is 25.8 Å². The van der Waals surface area contributed by atoms with Gasteiger partial charge in [0.05, 0.1) is 18.8 Å². The zero-order valence-corrected chi connectivity index (χ0v) is 17.0. The lowest BCUT2D eigenvalue weighted by molar-refractivity contribution is 0.414. The summed E-state index contributed by atoms with van der Waals surface area (Å²) in [5.41, 5.74) is 6.02. The maximum absolute atomic E-state index is 5.32. The number of anilines is 2. The maximum atomic E-state index is 5.32. The Morgan fingerprint density at radius 1 is 0.966 bits per heavy atom. The second-order valence-electron chi connectivity index (χ2n) is 7.38. The molecule has 1 unspecified atom stereocenters. The van der Waals surface area contributed by atoms with Gasteiger partial charge in [0.25, 0.3) is 0 Å². The third-order valence-corrected chi connectivity index (χ3v) is 5.29. The molecule has 0 amide bonds. The van der Waals surface area contributed by atoms with Gasteiger partial charge in [-0.15, -0.1) is 0 Å². The van der Waals surface area contributed by atoms with Gasteiger partial charge in [-0.25, -0.2) is 0 Å². The number of aryl methyl sites for hydroxylation is 1. The Hall–Kier alpha value is -3.27. The zero-order chi connectivity index (χ0) is 20.1. The molecule has 1 aliphatic heterocycles. The number of para-hydroxylation sites is 1. The minimum absolute atomic E-state index is 0.206. The van der Waals surface area contributed by atoms with Gasteiger partial charge in [0, 0.05) is 30.8 Å². The summed E-state index contributed by atoms with van der Waals surface area (Å²) in [6.45, 7) is 2.98. The Kier molecular flexibility index (Phi) is 5.80. The number of hydrogen-bond donors (Lipinski definition) is 1. The summed E-state index contributed by atoms with van der Waals surface area (Å²) in [4.78, 5) is 0. The van der Waals surface area contributed by atoms with E-state index in [2.05, 4.69) is 77.9 Å². The number of ether oxygens (including phenoxy) is 1. The minimum atomic E-state index is 0.206. The average Bonchev–Trinajstić information content (AvgIpc) is 3.20. The van der Waals surface area contributed by atoms with Gasteiger partial charge >= 0.3 is 0 Å². The third kappa shape index (κ3) is 4.60. The van der Waals surface area contributed by atoms with E-state index >= 15 is 0 Å². The van der Waals surface area contributed by atoms with Crippen molar-refractivity contribution < 1.29 is 4.74 Å². The van der Waals surface area contributed by atoms with Gasteiger partial charge in [0.1, 0.15) is 5.75 Å². The summed E-state index contributed by atoms with van der Waals surface area (Å²) in [7, 11) is 1.70. The van der Waals surface area contributed by atoms with Gasteiger partial charge in [-0.05, 0) is 48.9 Å². The van der Waals surface area contributed by atoms with Crippen LogP contribution in [0.25, 0.3) is 0 Å². The van der Waals surface area contributed by atoms with Crippen LogP contribution in [-0.2, 0) is 0 Å². The molecule has 1 aliphatic rings. The predicted molar refractivity (Wildman–Crippen MR) is 121 cm³/mol. The molecular weight excluding hydrogens is 358 g/mol. The molecule has 3 aromatic rings. The van der Waals surface area contributed by atoms with E-state index in [0.29, 0.717) is 0 Å². The summed E-state index contributed by atoms with van der Waals surface area (Å²) in [6, 6.07) is 27.5. The minimum Gasteiger partial charge on any atom is -0.497 e. The average molecular weight is 386 g/mol. The van der Waals surface area contributed by atoms with Crippen LogP contribution < -0.4 is 15.1 Å². The molecule has 0 bridgehead atoms. The fourth-order valence-electron chi connectivity index (χ4n) is 3.65. The van der Waals surface area contributed by atoms with Crippen LogP contribution >= 0.6 is 0 Å². The number of benzene rings is 3. The lowest BCUT2D eigenvalue weighted by atomic mass is 10.00. The first-order chi connectivity index (χ1) is 14.2. The molecular formula is C25H27N3O. The van der Waals surface area contributed by atoms with Crippen LogP contribution in [0.3, 0.4) is 0 Å². The number of nitrogens with one attached hydrogen (secondary N) is 1. The predicted octanol–water partition coefficient (Wildman–Crippen LogP) is 5.81. The molecule has 0 saturated carbocycles. The van der Waals surface area contributed by atoms with Crippen LogP contribution in [0.4, 0.5) is 11.4 Å². The quantitative estimate of drug-likeness (QED) is 0.557. The van der Waals surface area contributed by atoms with E-state index in [0.717, 1.165) is 36.5 Å². The van der Waals surface area contributed by atoms with Crippen LogP contribution in [0.5, 0.6) is 5.75 Å². The topological polar surface area (TPSA) is 36.9 Å². The number of methoxy groups -OCH3 is 1. The lowest BCUT2D eigenvalue weighted by Gasteiger charge is -2.24.